The molecule has 1 aliphatic heterocycles. The predicted octanol–water partition coefficient (Wildman–Crippen LogP) is 3.23. The van der Waals surface area contributed by atoms with Crippen molar-refractivity contribution in [1.82, 2.24) is 0 Å². The fourth-order valence-electron chi connectivity index (χ4n) is 2.81. The van der Waals surface area contributed by atoms with Gasteiger partial charge in [0.1, 0.15) is 6.10 Å². The Bertz CT molecular complexity index is 544. The highest BCUT2D eigenvalue weighted by Crippen LogP contribution is 2.49. The molecule has 0 amide bonds. The molecule has 1 saturated heterocycles. The largest absolute Gasteiger partial charge is 0.364 e. The predicted molar refractivity (Wildman–Crippen MR) is 59.9 cm³/mol. The second-order valence-corrected chi connectivity index (χ2v) is 4.49. The summed E-state index contributed by atoms with van der Waals surface area (Å²) < 4.78 is 5.71. The highest BCUT2D eigenvalue weighted by atomic mass is 16.6. The van der Waals surface area contributed by atoms with Crippen LogP contribution in [0.3, 0.4) is 0 Å². The fourth-order valence-corrected chi connectivity index (χ4v) is 2.81. The van der Waals surface area contributed by atoms with Gasteiger partial charge in [0.25, 0.3) is 0 Å². The van der Waals surface area contributed by atoms with E-state index in [-0.39, 0.29) is 0 Å². The molecule has 0 aromatic heterocycles. The maximum Gasteiger partial charge on any atom is 0.110 e. The average Bonchev–Trinajstić information content (AvgIpc) is 3.07. The van der Waals surface area contributed by atoms with E-state index in [1.807, 2.05) is 0 Å². The molecule has 1 heteroatoms. The average molecular weight is 196 g/mol. The third kappa shape index (κ3) is 1.01. The first-order chi connectivity index (χ1) is 7.43. The molecule has 0 N–H and O–H groups in total. The number of ether oxygens (including phenoxy) is 1. The second-order valence-electron chi connectivity index (χ2n) is 4.49. The van der Waals surface area contributed by atoms with Crippen LogP contribution in [0.2, 0.25) is 0 Å². The van der Waals surface area contributed by atoms with Gasteiger partial charge in [-0.05, 0) is 34.7 Å². The van der Waals surface area contributed by atoms with Crippen molar-refractivity contribution in [3.63, 3.8) is 0 Å². The molecule has 1 heterocycles. The Morgan fingerprint density at radius 2 is 2.00 bits per heavy atom. The van der Waals surface area contributed by atoms with Crippen molar-refractivity contribution in [2.24, 2.45) is 0 Å². The monoisotopic (exact) mass is 196 g/mol. The summed E-state index contributed by atoms with van der Waals surface area (Å²) in [7, 11) is 0. The van der Waals surface area contributed by atoms with Crippen molar-refractivity contribution in [2.45, 2.75) is 25.0 Å². The van der Waals surface area contributed by atoms with Crippen LogP contribution in [0.1, 0.15) is 23.7 Å². The van der Waals surface area contributed by atoms with Gasteiger partial charge >= 0.3 is 0 Å². The van der Waals surface area contributed by atoms with Crippen LogP contribution < -0.4 is 0 Å². The van der Waals surface area contributed by atoms with Crippen molar-refractivity contribution in [2.75, 3.05) is 0 Å². The first-order valence-corrected chi connectivity index (χ1v) is 5.59. The highest BCUT2D eigenvalue weighted by molar-refractivity contribution is 5.87. The van der Waals surface area contributed by atoms with Crippen LogP contribution >= 0.6 is 0 Å². The molecule has 0 saturated carbocycles. The topological polar surface area (TPSA) is 12.5 Å². The van der Waals surface area contributed by atoms with Gasteiger partial charge in [0, 0.05) is 0 Å². The maximum atomic E-state index is 5.71. The minimum Gasteiger partial charge on any atom is -0.364 e. The number of benzene rings is 2. The summed E-state index contributed by atoms with van der Waals surface area (Å²) in [5, 5.41) is 2.73. The summed E-state index contributed by atoms with van der Waals surface area (Å²) in [6.45, 7) is 0. The normalized spacial score (nSPS) is 27.2. The van der Waals surface area contributed by atoms with Crippen LogP contribution in [0, 0.1) is 0 Å². The summed E-state index contributed by atoms with van der Waals surface area (Å²) in [5.41, 5.74) is 2.96. The van der Waals surface area contributed by atoms with Crippen LogP contribution in [0.15, 0.2) is 36.4 Å². The van der Waals surface area contributed by atoms with E-state index in [1.165, 1.54) is 34.7 Å². The van der Waals surface area contributed by atoms with Gasteiger partial charge in [0.05, 0.1) is 6.10 Å². The lowest BCUT2D eigenvalue weighted by molar-refractivity contribution is 0.373. The van der Waals surface area contributed by atoms with Crippen LogP contribution in [0.25, 0.3) is 10.8 Å². The number of aryl methyl sites for hydroxylation is 1. The van der Waals surface area contributed by atoms with Gasteiger partial charge in [-0.3, -0.25) is 0 Å². The molecular formula is C14H12O. The first-order valence-electron chi connectivity index (χ1n) is 5.59. The maximum absolute atomic E-state index is 5.71. The van der Waals surface area contributed by atoms with E-state index in [0.29, 0.717) is 12.2 Å². The van der Waals surface area contributed by atoms with Crippen LogP contribution in [-0.2, 0) is 11.2 Å². The molecule has 0 bridgehead atoms. The van der Waals surface area contributed by atoms with E-state index in [2.05, 4.69) is 36.4 Å². The van der Waals surface area contributed by atoms with Gasteiger partial charge in [-0.25, -0.2) is 0 Å². The molecule has 1 aliphatic carbocycles. The van der Waals surface area contributed by atoms with E-state index in [9.17, 15) is 0 Å². The quantitative estimate of drug-likeness (QED) is 0.589. The van der Waals surface area contributed by atoms with Gasteiger partial charge in [-0.2, -0.15) is 0 Å². The molecule has 74 valence electrons. The summed E-state index contributed by atoms with van der Waals surface area (Å²) in [6.07, 6.45) is 3.31. The second kappa shape index (κ2) is 2.61. The molecule has 2 aromatic carbocycles. The molecule has 2 atom stereocenters. The molecular weight excluding hydrogens is 184 g/mol. The number of hydrogen-bond donors (Lipinski definition) is 0. The van der Waals surface area contributed by atoms with E-state index < -0.39 is 0 Å². The molecule has 4 rings (SSSR count). The van der Waals surface area contributed by atoms with E-state index in [4.69, 9.17) is 4.74 Å². The Morgan fingerprint density at radius 3 is 3.00 bits per heavy atom. The number of epoxide rings is 1. The summed E-state index contributed by atoms with van der Waals surface area (Å²) in [6, 6.07) is 13.1. The molecule has 2 aliphatic rings. The summed E-state index contributed by atoms with van der Waals surface area (Å²) in [5.74, 6) is 0. The van der Waals surface area contributed by atoms with E-state index in [1.54, 1.807) is 0 Å². The molecule has 0 radical (unpaired) electrons. The zero-order valence-corrected chi connectivity index (χ0v) is 8.44. The van der Waals surface area contributed by atoms with Gasteiger partial charge in [-0.15, -0.1) is 0 Å². The molecule has 1 nitrogen and oxygen atoms in total. The lowest BCUT2D eigenvalue weighted by Crippen LogP contribution is -2.04. The highest BCUT2D eigenvalue weighted by Gasteiger charge is 2.44. The number of rotatable bonds is 0. The Morgan fingerprint density at radius 1 is 1.07 bits per heavy atom. The number of fused-ring (bicyclic) bond motifs is 5. The van der Waals surface area contributed by atoms with Gasteiger partial charge in [0.2, 0.25) is 0 Å². The molecule has 0 spiro atoms. The minimum absolute atomic E-state index is 0.403. The van der Waals surface area contributed by atoms with Crippen LogP contribution in [-0.4, -0.2) is 6.10 Å². The van der Waals surface area contributed by atoms with E-state index in [0.717, 1.165) is 0 Å². The standard InChI is InChI=1S/C14H12O/c1-2-4-11-9(3-1)5-6-10-7-8-12-14(15-12)13(10)11/h1-6,12,14H,7-8H2. The van der Waals surface area contributed by atoms with Crippen molar-refractivity contribution < 1.29 is 4.74 Å². The van der Waals surface area contributed by atoms with Crippen molar-refractivity contribution in [1.29, 1.82) is 0 Å². The van der Waals surface area contributed by atoms with Crippen molar-refractivity contribution in [3.05, 3.63) is 47.5 Å². The Hall–Kier alpha value is -1.34. The summed E-state index contributed by atoms with van der Waals surface area (Å²) in [4.78, 5) is 0. The Labute approximate surface area is 88.7 Å². The van der Waals surface area contributed by atoms with Crippen LogP contribution in [0.4, 0.5) is 0 Å². The van der Waals surface area contributed by atoms with Crippen molar-refractivity contribution >= 4 is 10.8 Å². The minimum atomic E-state index is 0.403. The zero-order valence-electron chi connectivity index (χ0n) is 8.44. The van der Waals surface area contributed by atoms with Gasteiger partial charge in [0.15, 0.2) is 0 Å². The first kappa shape index (κ1) is 7.89. The SMILES string of the molecule is c1ccc2c3c(ccc2c1)CCC1OC31. The molecule has 1 fully saturated rings. The zero-order chi connectivity index (χ0) is 9.83. The molecule has 2 unspecified atom stereocenters. The van der Waals surface area contributed by atoms with Gasteiger partial charge < -0.3 is 4.74 Å². The Balaban J connectivity index is 2.09. The summed E-state index contributed by atoms with van der Waals surface area (Å²) >= 11 is 0. The lowest BCUT2D eigenvalue weighted by atomic mass is 9.88. The van der Waals surface area contributed by atoms with E-state index >= 15 is 0 Å². The molecule has 15 heavy (non-hydrogen) atoms. The lowest BCUT2D eigenvalue weighted by Gasteiger charge is -2.14. The van der Waals surface area contributed by atoms with Gasteiger partial charge in [-0.1, -0.05) is 36.4 Å². The number of hydrogen-bond acceptors (Lipinski definition) is 1. The Kier molecular flexibility index (Phi) is 1.37. The smallest absolute Gasteiger partial charge is 0.110 e. The van der Waals surface area contributed by atoms with Crippen molar-refractivity contribution in [3.8, 4) is 0 Å². The third-order valence-electron chi connectivity index (χ3n) is 3.63. The molecule has 2 aromatic rings. The van der Waals surface area contributed by atoms with Crippen LogP contribution in [0.5, 0.6) is 0 Å². The fraction of sp³-hybridized carbons (Fsp3) is 0.286. The third-order valence-corrected chi connectivity index (χ3v) is 3.63.